The van der Waals surface area contributed by atoms with Gasteiger partial charge in [0, 0.05) is 25.6 Å². The van der Waals surface area contributed by atoms with Crippen molar-refractivity contribution in [2.75, 3.05) is 13.1 Å². The van der Waals surface area contributed by atoms with Crippen LogP contribution in [0.2, 0.25) is 0 Å². The summed E-state index contributed by atoms with van der Waals surface area (Å²) in [5.41, 5.74) is 7.34. The van der Waals surface area contributed by atoms with Crippen molar-refractivity contribution in [3.63, 3.8) is 0 Å². The van der Waals surface area contributed by atoms with E-state index in [9.17, 15) is 4.79 Å². The number of rotatable bonds is 4. The van der Waals surface area contributed by atoms with Gasteiger partial charge in [0.2, 0.25) is 5.91 Å². The zero-order valence-electron chi connectivity index (χ0n) is 11.7. The van der Waals surface area contributed by atoms with Crippen molar-refractivity contribution in [1.29, 1.82) is 0 Å². The fourth-order valence-electron chi connectivity index (χ4n) is 2.57. The van der Waals surface area contributed by atoms with Crippen LogP contribution in [0, 0.1) is 5.92 Å². The van der Waals surface area contributed by atoms with Crippen LogP contribution in [-0.2, 0) is 11.2 Å². The van der Waals surface area contributed by atoms with Crippen molar-refractivity contribution < 1.29 is 4.79 Å². The molecule has 19 heavy (non-hydrogen) atoms. The van der Waals surface area contributed by atoms with Gasteiger partial charge in [0.15, 0.2) is 0 Å². The number of likely N-dealkylation sites (tertiary alicyclic amines) is 1. The Bertz CT molecular complexity index is 404. The lowest BCUT2D eigenvalue weighted by Crippen LogP contribution is -2.49. The summed E-state index contributed by atoms with van der Waals surface area (Å²) in [4.78, 5) is 14.1. The Morgan fingerprint density at radius 2 is 2.11 bits per heavy atom. The second-order valence-electron chi connectivity index (χ2n) is 5.61. The van der Waals surface area contributed by atoms with Crippen LogP contribution in [-0.4, -0.2) is 29.9 Å². The third kappa shape index (κ3) is 4.06. The minimum absolute atomic E-state index is 0.145. The topological polar surface area (TPSA) is 46.3 Å². The van der Waals surface area contributed by atoms with E-state index in [0.29, 0.717) is 12.3 Å². The van der Waals surface area contributed by atoms with Crippen molar-refractivity contribution in [1.82, 2.24) is 4.90 Å². The van der Waals surface area contributed by atoms with Crippen LogP contribution in [0.3, 0.4) is 0 Å². The molecule has 3 nitrogen and oxygen atoms in total. The summed E-state index contributed by atoms with van der Waals surface area (Å²) in [6, 6.07) is 10.5. The van der Waals surface area contributed by atoms with Crippen LogP contribution >= 0.6 is 0 Å². The monoisotopic (exact) mass is 260 g/mol. The van der Waals surface area contributed by atoms with Crippen LogP contribution in [0.5, 0.6) is 0 Å². The Morgan fingerprint density at radius 3 is 2.79 bits per heavy atom. The van der Waals surface area contributed by atoms with E-state index in [4.69, 9.17) is 5.73 Å². The van der Waals surface area contributed by atoms with Gasteiger partial charge in [0.25, 0.3) is 0 Å². The fraction of sp³-hybridized carbons (Fsp3) is 0.562. The van der Waals surface area contributed by atoms with E-state index in [-0.39, 0.29) is 11.9 Å². The molecule has 2 rings (SSSR count). The lowest BCUT2D eigenvalue weighted by atomic mass is 9.94. The highest BCUT2D eigenvalue weighted by Gasteiger charge is 2.25. The van der Waals surface area contributed by atoms with Crippen molar-refractivity contribution in [3.05, 3.63) is 35.9 Å². The molecular formula is C16H24N2O. The normalized spacial score (nSPS) is 23.4. The average molecular weight is 260 g/mol. The molecule has 0 aromatic heterocycles. The second-order valence-corrected chi connectivity index (χ2v) is 5.61. The molecule has 1 aromatic rings. The summed E-state index contributed by atoms with van der Waals surface area (Å²) in [5, 5.41) is 0. The molecule has 1 aromatic carbocycles. The number of carbonyl (C=O) groups excluding carboxylic acids is 1. The molecule has 0 saturated carbocycles. The second kappa shape index (κ2) is 6.71. The summed E-state index contributed by atoms with van der Waals surface area (Å²) in [6.07, 6.45) is 3.56. The summed E-state index contributed by atoms with van der Waals surface area (Å²) in [7, 11) is 0. The number of nitrogens with zero attached hydrogens (tertiary/aromatic N) is 1. The van der Waals surface area contributed by atoms with Gasteiger partial charge in [-0.1, -0.05) is 37.3 Å². The van der Waals surface area contributed by atoms with Crippen LogP contribution < -0.4 is 5.73 Å². The smallest absolute Gasteiger partial charge is 0.222 e. The number of hydrogen-bond acceptors (Lipinski definition) is 2. The standard InChI is InChI=1S/C16H24N2O/c1-13-10-11-18(12-15(13)17)16(19)9-5-8-14-6-3-2-4-7-14/h2-4,6-7,13,15H,5,8-12,17H2,1H3. The van der Waals surface area contributed by atoms with Gasteiger partial charge in [-0.15, -0.1) is 0 Å². The summed E-state index contributed by atoms with van der Waals surface area (Å²) in [5.74, 6) is 0.798. The Hall–Kier alpha value is -1.35. The first-order valence-electron chi connectivity index (χ1n) is 7.24. The molecule has 0 aliphatic carbocycles. The zero-order valence-corrected chi connectivity index (χ0v) is 11.7. The molecule has 1 saturated heterocycles. The first-order chi connectivity index (χ1) is 9.16. The summed E-state index contributed by atoms with van der Waals surface area (Å²) in [6.45, 7) is 3.77. The van der Waals surface area contributed by atoms with Crippen molar-refractivity contribution >= 4 is 5.91 Å². The molecule has 0 radical (unpaired) electrons. The van der Waals surface area contributed by atoms with Crippen molar-refractivity contribution in [2.45, 2.75) is 38.6 Å². The average Bonchev–Trinajstić information content (AvgIpc) is 2.43. The largest absolute Gasteiger partial charge is 0.341 e. The van der Waals surface area contributed by atoms with E-state index < -0.39 is 0 Å². The van der Waals surface area contributed by atoms with Gasteiger partial charge in [-0.3, -0.25) is 4.79 Å². The Kier molecular flexibility index (Phi) is 4.97. The molecule has 0 spiro atoms. The molecule has 2 atom stereocenters. The quantitative estimate of drug-likeness (QED) is 0.902. The van der Waals surface area contributed by atoms with Crippen LogP contribution in [0.1, 0.15) is 31.7 Å². The van der Waals surface area contributed by atoms with Gasteiger partial charge in [0.1, 0.15) is 0 Å². The molecular weight excluding hydrogens is 236 g/mol. The maximum Gasteiger partial charge on any atom is 0.222 e. The van der Waals surface area contributed by atoms with Crippen LogP contribution in [0.4, 0.5) is 0 Å². The molecule has 1 heterocycles. The van der Waals surface area contributed by atoms with E-state index in [1.807, 2.05) is 23.1 Å². The van der Waals surface area contributed by atoms with E-state index >= 15 is 0 Å². The SMILES string of the molecule is CC1CCN(C(=O)CCCc2ccccc2)CC1N. The summed E-state index contributed by atoms with van der Waals surface area (Å²) >= 11 is 0. The third-order valence-corrected chi connectivity index (χ3v) is 4.07. The highest BCUT2D eigenvalue weighted by atomic mass is 16.2. The molecule has 104 valence electrons. The minimum Gasteiger partial charge on any atom is -0.341 e. The number of amides is 1. The molecule has 1 fully saturated rings. The Labute approximate surface area is 115 Å². The Morgan fingerprint density at radius 1 is 1.37 bits per heavy atom. The molecule has 1 aliphatic rings. The zero-order chi connectivity index (χ0) is 13.7. The number of benzene rings is 1. The molecule has 3 heteroatoms. The fourth-order valence-corrected chi connectivity index (χ4v) is 2.57. The van der Waals surface area contributed by atoms with Gasteiger partial charge in [-0.25, -0.2) is 0 Å². The third-order valence-electron chi connectivity index (χ3n) is 4.07. The Balaban J connectivity index is 1.73. The lowest BCUT2D eigenvalue weighted by Gasteiger charge is -2.35. The highest BCUT2D eigenvalue weighted by Crippen LogP contribution is 2.16. The van der Waals surface area contributed by atoms with Crippen LogP contribution in [0.15, 0.2) is 30.3 Å². The minimum atomic E-state index is 0.145. The number of nitrogens with two attached hydrogens (primary N) is 1. The first-order valence-corrected chi connectivity index (χ1v) is 7.24. The van der Waals surface area contributed by atoms with Crippen molar-refractivity contribution in [2.24, 2.45) is 11.7 Å². The van der Waals surface area contributed by atoms with E-state index in [1.54, 1.807) is 0 Å². The van der Waals surface area contributed by atoms with Crippen molar-refractivity contribution in [3.8, 4) is 0 Å². The maximum atomic E-state index is 12.1. The number of aryl methyl sites for hydroxylation is 1. The van der Waals surface area contributed by atoms with Gasteiger partial charge in [-0.2, -0.15) is 0 Å². The first kappa shape index (κ1) is 14.1. The summed E-state index contributed by atoms with van der Waals surface area (Å²) < 4.78 is 0. The molecule has 1 aliphatic heterocycles. The highest BCUT2D eigenvalue weighted by molar-refractivity contribution is 5.76. The van der Waals surface area contributed by atoms with E-state index in [2.05, 4.69) is 19.1 Å². The van der Waals surface area contributed by atoms with Gasteiger partial charge in [-0.05, 0) is 30.7 Å². The molecule has 2 unspecified atom stereocenters. The lowest BCUT2D eigenvalue weighted by molar-refractivity contribution is -0.133. The maximum absolute atomic E-state index is 12.1. The van der Waals surface area contributed by atoms with Gasteiger partial charge < -0.3 is 10.6 Å². The molecule has 2 N–H and O–H groups in total. The molecule has 0 bridgehead atoms. The number of hydrogen-bond donors (Lipinski definition) is 1. The van der Waals surface area contributed by atoms with E-state index in [0.717, 1.165) is 32.4 Å². The van der Waals surface area contributed by atoms with Gasteiger partial charge in [0.05, 0.1) is 0 Å². The van der Waals surface area contributed by atoms with Crippen LogP contribution in [0.25, 0.3) is 0 Å². The predicted octanol–water partition coefficient (Wildman–Crippen LogP) is 2.21. The number of piperidine rings is 1. The van der Waals surface area contributed by atoms with Gasteiger partial charge >= 0.3 is 0 Å². The molecule has 1 amide bonds. The predicted molar refractivity (Wildman–Crippen MR) is 77.7 cm³/mol. The number of carbonyl (C=O) groups is 1. The van der Waals surface area contributed by atoms with E-state index in [1.165, 1.54) is 5.56 Å².